The van der Waals surface area contributed by atoms with Gasteiger partial charge in [-0.2, -0.15) is 0 Å². The van der Waals surface area contributed by atoms with Gasteiger partial charge in [-0.15, -0.1) is 0 Å². The van der Waals surface area contributed by atoms with E-state index < -0.39 is 0 Å². The maximum atomic E-state index is 11.7. The summed E-state index contributed by atoms with van der Waals surface area (Å²) in [6.07, 6.45) is 1.73. The maximum Gasteiger partial charge on any atom is 0.223 e. The molecule has 0 aliphatic heterocycles. The fourth-order valence-corrected chi connectivity index (χ4v) is 1.41. The van der Waals surface area contributed by atoms with Crippen LogP contribution in [0.3, 0.4) is 0 Å². The minimum absolute atomic E-state index is 0.0182. The highest BCUT2D eigenvalue weighted by molar-refractivity contribution is 5.78. The second kappa shape index (κ2) is 6.80. The van der Waals surface area contributed by atoms with E-state index in [1.807, 2.05) is 20.8 Å². The van der Waals surface area contributed by atoms with Crippen LogP contribution in [-0.2, 0) is 9.53 Å². The molecule has 0 aliphatic rings. The monoisotopic (exact) mass is 216 g/mol. The minimum atomic E-state index is -0.303. The lowest BCUT2D eigenvalue weighted by atomic mass is 10.0. The Kier molecular flexibility index (Phi) is 6.52. The Morgan fingerprint density at radius 1 is 1.53 bits per heavy atom. The number of nitrogens with two attached hydrogens (primary N) is 1. The average molecular weight is 216 g/mol. The molecule has 4 heteroatoms. The molecular weight excluding hydrogens is 192 g/mol. The van der Waals surface area contributed by atoms with Crippen LogP contribution in [0.25, 0.3) is 0 Å². The summed E-state index contributed by atoms with van der Waals surface area (Å²) < 4.78 is 5.03. The Labute approximate surface area is 92.6 Å². The van der Waals surface area contributed by atoms with E-state index in [4.69, 9.17) is 10.5 Å². The first-order valence-corrected chi connectivity index (χ1v) is 5.44. The van der Waals surface area contributed by atoms with Gasteiger partial charge in [0.25, 0.3) is 0 Å². The molecule has 0 aliphatic carbocycles. The van der Waals surface area contributed by atoms with Crippen molar-refractivity contribution < 1.29 is 9.53 Å². The smallest absolute Gasteiger partial charge is 0.223 e. The predicted octanol–water partition coefficient (Wildman–Crippen LogP) is 0.903. The lowest BCUT2D eigenvalue weighted by Gasteiger charge is -2.27. The van der Waals surface area contributed by atoms with Gasteiger partial charge in [-0.25, -0.2) is 0 Å². The Morgan fingerprint density at radius 3 is 2.60 bits per heavy atom. The molecule has 1 atom stereocenters. The van der Waals surface area contributed by atoms with Crippen LogP contribution >= 0.6 is 0 Å². The zero-order valence-corrected chi connectivity index (χ0v) is 10.3. The zero-order chi connectivity index (χ0) is 11.9. The van der Waals surface area contributed by atoms with Crippen LogP contribution in [0.15, 0.2) is 0 Å². The fourth-order valence-electron chi connectivity index (χ4n) is 1.41. The number of carbonyl (C=O) groups excluding carboxylic acids is 1. The molecule has 0 saturated heterocycles. The van der Waals surface area contributed by atoms with Crippen LogP contribution in [0.2, 0.25) is 0 Å². The van der Waals surface area contributed by atoms with Crippen LogP contribution < -0.4 is 11.1 Å². The number of rotatable bonds is 7. The van der Waals surface area contributed by atoms with Crippen LogP contribution in [0.5, 0.6) is 0 Å². The third-order valence-electron chi connectivity index (χ3n) is 2.26. The van der Waals surface area contributed by atoms with Gasteiger partial charge in [0.1, 0.15) is 0 Å². The molecule has 0 rings (SSSR count). The van der Waals surface area contributed by atoms with E-state index in [1.54, 1.807) is 7.11 Å². The standard InChI is InChI=1S/C11H24N2O2/c1-9(6-5-7-12)10(14)13-11(2,3)8-15-4/h9H,5-8,12H2,1-4H3,(H,13,14). The number of ether oxygens (including phenoxy) is 1. The molecule has 3 N–H and O–H groups in total. The summed E-state index contributed by atoms with van der Waals surface area (Å²) >= 11 is 0. The van der Waals surface area contributed by atoms with Gasteiger partial charge in [0.05, 0.1) is 12.1 Å². The van der Waals surface area contributed by atoms with Crippen molar-refractivity contribution >= 4 is 5.91 Å². The number of hydrogen-bond donors (Lipinski definition) is 2. The zero-order valence-electron chi connectivity index (χ0n) is 10.3. The van der Waals surface area contributed by atoms with Crippen molar-refractivity contribution in [1.29, 1.82) is 0 Å². The van der Waals surface area contributed by atoms with E-state index in [1.165, 1.54) is 0 Å². The molecule has 0 aromatic carbocycles. The lowest BCUT2D eigenvalue weighted by molar-refractivity contribution is -0.126. The number of methoxy groups -OCH3 is 1. The molecular formula is C11H24N2O2. The molecule has 0 aromatic rings. The van der Waals surface area contributed by atoms with Gasteiger partial charge in [-0.1, -0.05) is 6.92 Å². The lowest BCUT2D eigenvalue weighted by Crippen LogP contribution is -2.48. The van der Waals surface area contributed by atoms with Gasteiger partial charge in [0.2, 0.25) is 5.91 Å². The summed E-state index contributed by atoms with van der Waals surface area (Å²) in [5.41, 5.74) is 5.10. The van der Waals surface area contributed by atoms with Gasteiger partial charge in [0.15, 0.2) is 0 Å². The van der Waals surface area contributed by atoms with Crippen molar-refractivity contribution in [2.45, 2.75) is 39.2 Å². The number of hydrogen-bond acceptors (Lipinski definition) is 3. The van der Waals surface area contributed by atoms with Crippen molar-refractivity contribution in [3.05, 3.63) is 0 Å². The summed E-state index contributed by atoms with van der Waals surface area (Å²) in [5, 5.41) is 2.96. The molecule has 90 valence electrons. The highest BCUT2D eigenvalue weighted by atomic mass is 16.5. The molecule has 0 radical (unpaired) electrons. The Hall–Kier alpha value is -0.610. The van der Waals surface area contributed by atoms with Crippen LogP contribution in [0.4, 0.5) is 0 Å². The molecule has 0 bridgehead atoms. The first kappa shape index (κ1) is 14.4. The molecule has 1 unspecified atom stereocenters. The van der Waals surface area contributed by atoms with Crippen molar-refractivity contribution in [3.63, 3.8) is 0 Å². The van der Waals surface area contributed by atoms with Crippen molar-refractivity contribution in [1.82, 2.24) is 5.32 Å². The molecule has 1 amide bonds. The normalized spacial score (nSPS) is 13.7. The number of carbonyl (C=O) groups is 1. The topological polar surface area (TPSA) is 64.3 Å². The van der Waals surface area contributed by atoms with Crippen LogP contribution in [-0.4, -0.2) is 31.7 Å². The summed E-state index contributed by atoms with van der Waals surface area (Å²) in [5.74, 6) is 0.0928. The third-order valence-corrected chi connectivity index (χ3v) is 2.26. The predicted molar refractivity (Wildman–Crippen MR) is 61.6 cm³/mol. The van der Waals surface area contributed by atoms with Gasteiger partial charge in [0, 0.05) is 13.0 Å². The van der Waals surface area contributed by atoms with Crippen molar-refractivity contribution in [2.75, 3.05) is 20.3 Å². The van der Waals surface area contributed by atoms with Crippen LogP contribution in [0, 0.1) is 5.92 Å². The van der Waals surface area contributed by atoms with Gasteiger partial charge < -0.3 is 15.8 Å². The highest BCUT2D eigenvalue weighted by Gasteiger charge is 2.22. The SMILES string of the molecule is COCC(C)(C)NC(=O)C(C)CCCN. The second-order valence-electron chi connectivity index (χ2n) is 4.64. The first-order valence-electron chi connectivity index (χ1n) is 5.44. The van der Waals surface area contributed by atoms with Gasteiger partial charge in [-0.05, 0) is 33.2 Å². The Bertz CT molecular complexity index is 193. The Balaban J connectivity index is 4.00. The van der Waals surface area contributed by atoms with E-state index in [0.29, 0.717) is 13.2 Å². The van der Waals surface area contributed by atoms with Crippen molar-refractivity contribution in [3.8, 4) is 0 Å². The number of nitrogens with one attached hydrogen (secondary N) is 1. The molecule has 15 heavy (non-hydrogen) atoms. The van der Waals surface area contributed by atoms with E-state index >= 15 is 0 Å². The van der Waals surface area contributed by atoms with E-state index in [2.05, 4.69) is 5.32 Å². The third kappa shape index (κ3) is 6.47. The molecule has 0 saturated carbocycles. The first-order chi connectivity index (χ1) is 6.93. The average Bonchev–Trinajstić information content (AvgIpc) is 2.13. The second-order valence-corrected chi connectivity index (χ2v) is 4.64. The van der Waals surface area contributed by atoms with Gasteiger partial charge in [-0.3, -0.25) is 4.79 Å². The van der Waals surface area contributed by atoms with Crippen molar-refractivity contribution in [2.24, 2.45) is 11.7 Å². The Morgan fingerprint density at radius 2 is 2.13 bits per heavy atom. The summed E-state index contributed by atoms with van der Waals surface area (Å²) in [4.78, 5) is 11.7. The number of amides is 1. The summed E-state index contributed by atoms with van der Waals surface area (Å²) in [6, 6.07) is 0. The van der Waals surface area contributed by atoms with E-state index in [9.17, 15) is 4.79 Å². The van der Waals surface area contributed by atoms with Crippen LogP contribution in [0.1, 0.15) is 33.6 Å². The fraction of sp³-hybridized carbons (Fsp3) is 0.909. The molecule has 4 nitrogen and oxygen atoms in total. The maximum absolute atomic E-state index is 11.7. The van der Waals surface area contributed by atoms with Gasteiger partial charge >= 0.3 is 0 Å². The summed E-state index contributed by atoms with van der Waals surface area (Å²) in [7, 11) is 1.63. The minimum Gasteiger partial charge on any atom is -0.382 e. The molecule has 0 fully saturated rings. The van der Waals surface area contributed by atoms with E-state index in [0.717, 1.165) is 12.8 Å². The van der Waals surface area contributed by atoms with E-state index in [-0.39, 0.29) is 17.4 Å². The quantitative estimate of drug-likeness (QED) is 0.664. The largest absolute Gasteiger partial charge is 0.382 e. The highest BCUT2D eigenvalue weighted by Crippen LogP contribution is 2.09. The molecule has 0 spiro atoms. The molecule has 0 aromatic heterocycles. The summed E-state index contributed by atoms with van der Waals surface area (Å²) in [6.45, 7) is 6.98. The molecule has 0 heterocycles.